The number of ether oxygens (including phenoxy) is 1. The van der Waals surface area contributed by atoms with E-state index in [-0.39, 0.29) is 6.09 Å². The number of carbonyl (C=O) groups excluding carboxylic acids is 1. The van der Waals surface area contributed by atoms with Gasteiger partial charge in [0.05, 0.1) is 6.61 Å². The SMILES string of the molecule is CCCOC(=O)NCCCCN(C)C. The van der Waals surface area contributed by atoms with Crippen molar-refractivity contribution in [2.24, 2.45) is 0 Å². The predicted octanol–water partition coefficient (Wildman–Crippen LogP) is 1.46. The molecule has 0 aliphatic heterocycles. The number of alkyl carbamates (subject to hydrolysis) is 1. The minimum Gasteiger partial charge on any atom is -0.450 e. The summed E-state index contributed by atoms with van der Waals surface area (Å²) in [5.74, 6) is 0. The third-order valence-electron chi connectivity index (χ3n) is 1.74. The zero-order chi connectivity index (χ0) is 10.8. The van der Waals surface area contributed by atoms with Gasteiger partial charge in [-0.1, -0.05) is 6.92 Å². The van der Waals surface area contributed by atoms with Gasteiger partial charge in [-0.3, -0.25) is 0 Å². The van der Waals surface area contributed by atoms with Gasteiger partial charge in [-0.25, -0.2) is 4.79 Å². The van der Waals surface area contributed by atoms with E-state index in [1.165, 1.54) is 0 Å². The van der Waals surface area contributed by atoms with Crippen LogP contribution in [0, 0.1) is 0 Å². The fraction of sp³-hybridized carbons (Fsp3) is 0.900. The maximum atomic E-state index is 11.0. The first kappa shape index (κ1) is 13.2. The van der Waals surface area contributed by atoms with E-state index in [1.807, 2.05) is 21.0 Å². The normalized spacial score (nSPS) is 10.3. The van der Waals surface area contributed by atoms with Crippen molar-refractivity contribution >= 4 is 6.09 Å². The molecule has 0 spiro atoms. The van der Waals surface area contributed by atoms with Gasteiger partial charge in [-0.15, -0.1) is 0 Å². The molecule has 0 radical (unpaired) electrons. The summed E-state index contributed by atoms with van der Waals surface area (Å²) in [6.07, 6.45) is 2.67. The van der Waals surface area contributed by atoms with Crippen molar-refractivity contribution in [3.63, 3.8) is 0 Å². The Morgan fingerprint density at radius 3 is 2.64 bits per heavy atom. The standard InChI is InChI=1S/C10H22N2O2/c1-4-9-14-10(13)11-7-5-6-8-12(2)3/h4-9H2,1-3H3,(H,11,13). The predicted molar refractivity (Wildman–Crippen MR) is 57.4 cm³/mol. The average Bonchev–Trinajstić information content (AvgIpc) is 2.13. The van der Waals surface area contributed by atoms with Crippen LogP contribution in [0.1, 0.15) is 26.2 Å². The van der Waals surface area contributed by atoms with Crippen molar-refractivity contribution in [2.75, 3.05) is 33.8 Å². The molecule has 14 heavy (non-hydrogen) atoms. The summed E-state index contributed by atoms with van der Waals surface area (Å²) in [6.45, 7) is 4.25. The second-order valence-electron chi connectivity index (χ2n) is 3.57. The third kappa shape index (κ3) is 9.32. The molecule has 0 saturated heterocycles. The van der Waals surface area contributed by atoms with E-state index in [4.69, 9.17) is 4.74 Å². The van der Waals surface area contributed by atoms with E-state index in [9.17, 15) is 4.79 Å². The first-order valence-electron chi connectivity index (χ1n) is 5.22. The summed E-state index contributed by atoms with van der Waals surface area (Å²) in [6, 6.07) is 0. The molecule has 4 heteroatoms. The van der Waals surface area contributed by atoms with E-state index >= 15 is 0 Å². The van der Waals surface area contributed by atoms with Gasteiger partial charge in [-0.05, 0) is 39.9 Å². The molecule has 0 rings (SSSR count). The monoisotopic (exact) mass is 202 g/mol. The van der Waals surface area contributed by atoms with Gasteiger partial charge in [0.15, 0.2) is 0 Å². The van der Waals surface area contributed by atoms with Gasteiger partial charge in [-0.2, -0.15) is 0 Å². The first-order chi connectivity index (χ1) is 6.66. The number of unbranched alkanes of at least 4 members (excludes halogenated alkanes) is 1. The van der Waals surface area contributed by atoms with Gasteiger partial charge in [0.1, 0.15) is 0 Å². The van der Waals surface area contributed by atoms with Crippen molar-refractivity contribution < 1.29 is 9.53 Å². The van der Waals surface area contributed by atoms with Gasteiger partial charge in [0.25, 0.3) is 0 Å². The fourth-order valence-electron chi connectivity index (χ4n) is 0.989. The van der Waals surface area contributed by atoms with Crippen LogP contribution in [-0.4, -0.2) is 44.8 Å². The largest absolute Gasteiger partial charge is 0.450 e. The zero-order valence-electron chi connectivity index (χ0n) is 9.51. The summed E-state index contributed by atoms with van der Waals surface area (Å²) < 4.78 is 4.86. The number of nitrogens with zero attached hydrogens (tertiary/aromatic N) is 1. The molecule has 0 aromatic rings. The number of hydrogen-bond donors (Lipinski definition) is 1. The lowest BCUT2D eigenvalue weighted by Gasteiger charge is -2.09. The van der Waals surface area contributed by atoms with Crippen LogP contribution >= 0.6 is 0 Å². The molecular formula is C10H22N2O2. The lowest BCUT2D eigenvalue weighted by Crippen LogP contribution is -2.26. The molecule has 1 N–H and O–H groups in total. The van der Waals surface area contributed by atoms with E-state index in [1.54, 1.807) is 0 Å². The topological polar surface area (TPSA) is 41.6 Å². The number of nitrogens with one attached hydrogen (secondary N) is 1. The zero-order valence-corrected chi connectivity index (χ0v) is 9.51. The Morgan fingerprint density at radius 2 is 2.07 bits per heavy atom. The Balaban J connectivity index is 3.15. The van der Waals surface area contributed by atoms with Gasteiger partial charge in [0, 0.05) is 6.54 Å². The maximum absolute atomic E-state index is 11.0. The number of rotatable bonds is 7. The minimum absolute atomic E-state index is 0.295. The van der Waals surface area contributed by atoms with Gasteiger partial charge >= 0.3 is 6.09 Å². The molecule has 0 aromatic heterocycles. The summed E-state index contributed by atoms with van der Waals surface area (Å²) in [5.41, 5.74) is 0. The highest BCUT2D eigenvalue weighted by Gasteiger charge is 1.98. The highest BCUT2D eigenvalue weighted by atomic mass is 16.5. The van der Waals surface area contributed by atoms with Crippen LogP contribution < -0.4 is 5.32 Å². The maximum Gasteiger partial charge on any atom is 0.407 e. The molecule has 0 bridgehead atoms. The number of carbonyl (C=O) groups is 1. The van der Waals surface area contributed by atoms with Gasteiger partial charge < -0.3 is 15.0 Å². The van der Waals surface area contributed by atoms with Crippen LogP contribution in [0.2, 0.25) is 0 Å². The Hall–Kier alpha value is -0.770. The number of amides is 1. The van der Waals surface area contributed by atoms with Crippen LogP contribution in [0.15, 0.2) is 0 Å². The molecule has 0 saturated carbocycles. The molecule has 0 fully saturated rings. The molecular weight excluding hydrogens is 180 g/mol. The summed E-state index contributed by atoms with van der Waals surface area (Å²) in [4.78, 5) is 13.1. The molecule has 0 heterocycles. The first-order valence-corrected chi connectivity index (χ1v) is 5.22. The van der Waals surface area contributed by atoms with Crippen molar-refractivity contribution in [2.45, 2.75) is 26.2 Å². The van der Waals surface area contributed by atoms with E-state index in [2.05, 4.69) is 10.2 Å². The van der Waals surface area contributed by atoms with E-state index < -0.39 is 0 Å². The molecule has 84 valence electrons. The van der Waals surface area contributed by atoms with E-state index in [0.29, 0.717) is 13.2 Å². The van der Waals surface area contributed by atoms with Crippen LogP contribution in [-0.2, 0) is 4.74 Å². The fourth-order valence-corrected chi connectivity index (χ4v) is 0.989. The quantitative estimate of drug-likeness (QED) is 0.636. The molecule has 1 amide bonds. The molecule has 0 unspecified atom stereocenters. The molecule has 0 atom stereocenters. The van der Waals surface area contributed by atoms with Crippen LogP contribution in [0.3, 0.4) is 0 Å². The summed E-state index contributed by atoms with van der Waals surface area (Å²) in [5, 5.41) is 2.71. The van der Waals surface area contributed by atoms with Crippen molar-refractivity contribution in [3.8, 4) is 0 Å². The second-order valence-corrected chi connectivity index (χ2v) is 3.57. The van der Waals surface area contributed by atoms with Gasteiger partial charge in [0.2, 0.25) is 0 Å². The van der Waals surface area contributed by atoms with Crippen molar-refractivity contribution in [1.82, 2.24) is 10.2 Å². The highest BCUT2D eigenvalue weighted by Crippen LogP contribution is 1.89. The highest BCUT2D eigenvalue weighted by molar-refractivity contribution is 5.66. The van der Waals surface area contributed by atoms with Crippen molar-refractivity contribution in [3.05, 3.63) is 0 Å². The summed E-state index contributed by atoms with van der Waals surface area (Å²) in [7, 11) is 4.09. The average molecular weight is 202 g/mol. The second kappa shape index (κ2) is 8.81. The molecule has 4 nitrogen and oxygen atoms in total. The Bertz CT molecular complexity index is 149. The van der Waals surface area contributed by atoms with Crippen LogP contribution in [0.4, 0.5) is 4.79 Å². The summed E-state index contributed by atoms with van der Waals surface area (Å²) >= 11 is 0. The third-order valence-corrected chi connectivity index (χ3v) is 1.74. The number of hydrogen-bond acceptors (Lipinski definition) is 3. The lowest BCUT2D eigenvalue weighted by molar-refractivity contribution is 0.146. The Morgan fingerprint density at radius 1 is 1.36 bits per heavy atom. The Kier molecular flexibility index (Phi) is 8.33. The smallest absolute Gasteiger partial charge is 0.407 e. The molecule has 0 aliphatic carbocycles. The minimum atomic E-state index is -0.295. The molecule has 0 aliphatic rings. The van der Waals surface area contributed by atoms with E-state index in [0.717, 1.165) is 25.8 Å². The van der Waals surface area contributed by atoms with Crippen molar-refractivity contribution in [1.29, 1.82) is 0 Å². The Labute approximate surface area is 86.6 Å². The van der Waals surface area contributed by atoms with Crippen LogP contribution in [0.25, 0.3) is 0 Å². The van der Waals surface area contributed by atoms with Crippen LogP contribution in [0.5, 0.6) is 0 Å². The lowest BCUT2D eigenvalue weighted by atomic mass is 10.3. The molecule has 0 aromatic carbocycles.